The fourth-order valence-electron chi connectivity index (χ4n) is 2.82. The third-order valence-electron chi connectivity index (χ3n) is 4.15. The molecule has 0 aromatic heterocycles. The van der Waals surface area contributed by atoms with Crippen LogP contribution in [0.3, 0.4) is 0 Å². The van der Waals surface area contributed by atoms with E-state index in [0.29, 0.717) is 5.92 Å². The van der Waals surface area contributed by atoms with E-state index in [0.717, 1.165) is 44.0 Å². The molecule has 2 rings (SSSR count). The molecule has 0 aliphatic carbocycles. The number of benzene rings is 1. The quantitative estimate of drug-likeness (QED) is 0.845. The lowest BCUT2D eigenvalue weighted by atomic mass is 9.99. The van der Waals surface area contributed by atoms with E-state index in [4.69, 9.17) is 0 Å². The zero-order chi connectivity index (χ0) is 15.1. The van der Waals surface area contributed by atoms with Gasteiger partial charge in [0.1, 0.15) is 0 Å². The van der Waals surface area contributed by atoms with Crippen LogP contribution in [0.25, 0.3) is 0 Å². The second-order valence-electron chi connectivity index (χ2n) is 5.65. The summed E-state index contributed by atoms with van der Waals surface area (Å²) in [6.45, 7) is 8.73. The Hall–Kier alpha value is -1.26. The zero-order valence-electron chi connectivity index (χ0n) is 13.6. The minimum Gasteiger partial charge on any atom is -0.385 e. The van der Waals surface area contributed by atoms with Crippen LogP contribution in [0.4, 0.5) is 5.69 Å². The monoisotopic (exact) mass is 325 g/mol. The Bertz CT molecular complexity index is 457. The van der Waals surface area contributed by atoms with Gasteiger partial charge < -0.3 is 15.5 Å². The molecule has 1 fully saturated rings. The van der Waals surface area contributed by atoms with Gasteiger partial charge in [0.25, 0.3) is 5.91 Å². The van der Waals surface area contributed by atoms with Crippen LogP contribution >= 0.6 is 12.4 Å². The Morgan fingerprint density at radius 3 is 2.77 bits per heavy atom. The number of halogens is 1. The van der Waals surface area contributed by atoms with Crippen molar-refractivity contribution in [3.8, 4) is 0 Å². The molecule has 2 N–H and O–H groups in total. The molecule has 1 aliphatic heterocycles. The van der Waals surface area contributed by atoms with Gasteiger partial charge in [0.05, 0.1) is 0 Å². The largest absolute Gasteiger partial charge is 0.385 e. The van der Waals surface area contributed by atoms with Gasteiger partial charge in [0, 0.05) is 30.9 Å². The van der Waals surface area contributed by atoms with E-state index < -0.39 is 0 Å². The molecule has 22 heavy (non-hydrogen) atoms. The highest BCUT2D eigenvalue weighted by Crippen LogP contribution is 2.15. The first kappa shape index (κ1) is 18.8. The van der Waals surface area contributed by atoms with Gasteiger partial charge in [-0.25, -0.2) is 0 Å². The van der Waals surface area contributed by atoms with Crippen molar-refractivity contribution < 1.29 is 4.79 Å². The molecule has 1 aromatic carbocycles. The Kier molecular flexibility index (Phi) is 8.28. The number of piperidine rings is 1. The predicted octanol–water partition coefficient (Wildman–Crippen LogP) is 3.00. The number of carbonyl (C=O) groups is 1. The van der Waals surface area contributed by atoms with Crippen molar-refractivity contribution in [1.29, 1.82) is 0 Å². The first-order valence-corrected chi connectivity index (χ1v) is 8.08. The summed E-state index contributed by atoms with van der Waals surface area (Å²) in [7, 11) is 0. The summed E-state index contributed by atoms with van der Waals surface area (Å²) < 4.78 is 0. The van der Waals surface area contributed by atoms with Gasteiger partial charge in [-0.2, -0.15) is 0 Å². The van der Waals surface area contributed by atoms with Crippen LogP contribution in [0.15, 0.2) is 24.3 Å². The summed E-state index contributed by atoms with van der Waals surface area (Å²) >= 11 is 0. The number of amides is 1. The first-order chi connectivity index (χ1) is 10.2. The number of hydrogen-bond donors (Lipinski definition) is 2. The van der Waals surface area contributed by atoms with Gasteiger partial charge in [-0.05, 0) is 63.9 Å². The number of nitrogens with zero attached hydrogens (tertiary/aromatic N) is 1. The van der Waals surface area contributed by atoms with E-state index in [1.807, 2.05) is 43.0 Å². The second kappa shape index (κ2) is 9.70. The van der Waals surface area contributed by atoms with E-state index in [2.05, 4.69) is 10.6 Å². The van der Waals surface area contributed by atoms with E-state index in [-0.39, 0.29) is 18.3 Å². The molecule has 1 aliphatic rings. The summed E-state index contributed by atoms with van der Waals surface area (Å²) in [4.78, 5) is 14.2. The molecule has 124 valence electrons. The van der Waals surface area contributed by atoms with Crippen LogP contribution in [0.5, 0.6) is 0 Å². The Labute approximate surface area is 140 Å². The average molecular weight is 326 g/mol. The van der Waals surface area contributed by atoms with Crippen molar-refractivity contribution in [2.45, 2.75) is 26.7 Å². The lowest BCUT2D eigenvalue weighted by Gasteiger charge is -2.23. The molecule has 4 nitrogen and oxygen atoms in total. The molecule has 1 heterocycles. The van der Waals surface area contributed by atoms with Crippen molar-refractivity contribution in [2.24, 2.45) is 5.92 Å². The van der Waals surface area contributed by atoms with Gasteiger partial charge in [0.2, 0.25) is 0 Å². The van der Waals surface area contributed by atoms with Crippen LogP contribution < -0.4 is 10.6 Å². The summed E-state index contributed by atoms with van der Waals surface area (Å²) in [6, 6.07) is 7.86. The van der Waals surface area contributed by atoms with E-state index in [1.54, 1.807) is 0 Å². The molecule has 5 heteroatoms. The highest BCUT2D eigenvalue weighted by Gasteiger charge is 2.14. The van der Waals surface area contributed by atoms with Gasteiger partial charge in [-0.1, -0.05) is 6.07 Å². The number of rotatable bonds is 6. The predicted molar refractivity (Wildman–Crippen MR) is 95.0 cm³/mol. The third-order valence-corrected chi connectivity index (χ3v) is 4.15. The summed E-state index contributed by atoms with van der Waals surface area (Å²) in [6.07, 6.45) is 2.53. The van der Waals surface area contributed by atoms with E-state index in [1.165, 1.54) is 12.8 Å². The number of carbonyl (C=O) groups excluding carboxylic acids is 1. The normalized spacial score (nSPS) is 17.5. The topological polar surface area (TPSA) is 44.4 Å². The van der Waals surface area contributed by atoms with Crippen LogP contribution in [-0.2, 0) is 0 Å². The molecule has 1 aromatic rings. The molecular weight excluding hydrogens is 298 g/mol. The minimum atomic E-state index is 0. The second-order valence-corrected chi connectivity index (χ2v) is 5.65. The molecular formula is C17H28ClN3O. The SMILES string of the molecule is CCN(CC)C(=O)c1cccc(NCC2CCCNC2)c1.Cl. The van der Waals surface area contributed by atoms with Gasteiger partial charge in [-0.15, -0.1) is 12.4 Å². The number of nitrogens with one attached hydrogen (secondary N) is 2. The van der Waals surface area contributed by atoms with Crippen molar-refractivity contribution in [2.75, 3.05) is 38.0 Å². The Morgan fingerprint density at radius 2 is 2.14 bits per heavy atom. The summed E-state index contributed by atoms with van der Waals surface area (Å²) in [5.74, 6) is 0.795. The van der Waals surface area contributed by atoms with Crippen LogP contribution in [0.1, 0.15) is 37.0 Å². The molecule has 0 saturated carbocycles. The number of anilines is 1. The van der Waals surface area contributed by atoms with Crippen molar-refractivity contribution in [1.82, 2.24) is 10.2 Å². The van der Waals surface area contributed by atoms with Crippen LogP contribution in [0.2, 0.25) is 0 Å². The molecule has 1 amide bonds. The van der Waals surface area contributed by atoms with E-state index in [9.17, 15) is 4.79 Å². The molecule has 0 spiro atoms. The minimum absolute atomic E-state index is 0. The van der Waals surface area contributed by atoms with Gasteiger partial charge >= 0.3 is 0 Å². The highest BCUT2D eigenvalue weighted by molar-refractivity contribution is 5.95. The molecule has 1 unspecified atom stereocenters. The smallest absolute Gasteiger partial charge is 0.253 e. The Balaban J connectivity index is 0.00000242. The molecule has 0 bridgehead atoms. The van der Waals surface area contributed by atoms with Crippen LogP contribution in [0, 0.1) is 5.92 Å². The standard InChI is InChI=1S/C17H27N3O.ClH/c1-3-20(4-2)17(21)15-8-5-9-16(11-15)19-13-14-7-6-10-18-12-14;/h5,8-9,11,14,18-19H,3-4,6-7,10,12-13H2,1-2H3;1H. The van der Waals surface area contributed by atoms with Crippen molar-refractivity contribution >= 4 is 24.0 Å². The molecule has 0 radical (unpaired) electrons. The molecule has 1 atom stereocenters. The summed E-state index contributed by atoms with van der Waals surface area (Å²) in [5.41, 5.74) is 1.81. The Morgan fingerprint density at radius 1 is 1.36 bits per heavy atom. The van der Waals surface area contributed by atoms with Crippen molar-refractivity contribution in [3.63, 3.8) is 0 Å². The average Bonchev–Trinajstić information content (AvgIpc) is 2.55. The maximum atomic E-state index is 12.4. The highest BCUT2D eigenvalue weighted by atomic mass is 35.5. The fraction of sp³-hybridized carbons (Fsp3) is 0.588. The summed E-state index contributed by atoms with van der Waals surface area (Å²) in [5, 5.41) is 6.90. The van der Waals surface area contributed by atoms with Gasteiger partial charge in [-0.3, -0.25) is 4.79 Å². The van der Waals surface area contributed by atoms with Crippen LogP contribution in [-0.4, -0.2) is 43.5 Å². The van der Waals surface area contributed by atoms with Gasteiger partial charge in [0.15, 0.2) is 0 Å². The maximum Gasteiger partial charge on any atom is 0.253 e. The molecule has 1 saturated heterocycles. The third kappa shape index (κ3) is 5.18. The fourth-order valence-corrected chi connectivity index (χ4v) is 2.82. The number of hydrogen-bond acceptors (Lipinski definition) is 3. The zero-order valence-corrected chi connectivity index (χ0v) is 14.4. The lowest BCUT2D eigenvalue weighted by Crippen LogP contribution is -2.33. The maximum absolute atomic E-state index is 12.4. The lowest BCUT2D eigenvalue weighted by molar-refractivity contribution is 0.0773. The van der Waals surface area contributed by atoms with E-state index >= 15 is 0 Å². The van der Waals surface area contributed by atoms with Crippen molar-refractivity contribution in [3.05, 3.63) is 29.8 Å². The first-order valence-electron chi connectivity index (χ1n) is 8.08.